The van der Waals surface area contributed by atoms with Crippen molar-refractivity contribution in [2.45, 2.75) is 18.9 Å². The van der Waals surface area contributed by atoms with Crippen molar-refractivity contribution in [1.29, 1.82) is 0 Å². The molecule has 0 spiro atoms. The summed E-state index contributed by atoms with van der Waals surface area (Å²) >= 11 is 0. The van der Waals surface area contributed by atoms with Gasteiger partial charge in [0.15, 0.2) is 0 Å². The predicted octanol–water partition coefficient (Wildman–Crippen LogP) is 0.109. The number of rotatable bonds is 5. The van der Waals surface area contributed by atoms with Crippen LogP contribution in [-0.2, 0) is 9.53 Å². The number of piperidine rings is 1. The second-order valence-corrected chi connectivity index (χ2v) is 4.26. The summed E-state index contributed by atoms with van der Waals surface area (Å²) in [6.45, 7) is 5.71. The monoisotopic (exact) mass is 255 g/mol. The molecule has 0 aliphatic carbocycles. The first-order valence-electron chi connectivity index (χ1n) is 6.09. The number of likely N-dealkylation sites (tertiary alicyclic amines) is 1. The molecule has 0 aromatic rings. The topological polar surface area (TPSA) is 70.7 Å². The van der Waals surface area contributed by atoms with Crippen LogP contribution in [0.5, 0.6) is 0 Å². The highest BCUT2D eigenvalue weighted by atomic mass is 16.5. The summed E-state index contributed by atoms with van der Waals surface area (Å²) in [7, 11) is 1.71. The maximum atomic E-state index is 11.6. The predicted molar refractivity (Wildman–Crippen MR) is 68.2 cm³/mol. The SMILES string of the molecule is C=CCNC(=O)NC(=O)CN1CCC(OC)CC1. The van der Waals surface area contributed by atoms with Crippen molar-refractivity contribution in [3.8, 4) is 0 Å². The average Bonchev–Trinajstić information content (AvgIpc) is 2.37. The van der Waals surface area contributed by atoms with Crippen LogP contribution in [0.25, 0.3) is 0 Å². The Balaban J connectivity index is 2.20. The Morgan fingerprint density at radius 2 is 2.11 bits per heavy atom. The minimum absolute atomic E-state index is 0.248. The maximum Gasteiger partial charge on any atom is 0.321 e. The van der Waals surface area contributed by atoms with E-state index in [2.05, 4.69) is 17.2 Å². The number of nitrogens with one attached hydrogen (secondary N) is 2. The van der Waals surface area contributed by atoms with Crippen LogP contribution in [0.1, 0.15) is 12.8 Å². The standard InChI is InChI=1S/C12H21N3O3/c1-3-6-13-12(17)14-11(16)9-15-7-4-10(18-2)5-8-15/h3,10H,1,4-9H2,2H3,(H2,13,14,16,17). The van der Waals surface area contributed by atoms with Gasteiger partial charge in [-0.15, -0.1) is 6.58 Å². The molecule has 102 valence electrons. The Kier molecular flexibility index (Phi) is 6.38. The van der Waals surface area contributed by atoms with E-state index in [0.717, 1.165) is 25.9 Å². The molecular formula is C12H21N3O3. The fourth-order valence-corrected chi connectivity index (χ4v) is 1.88. The van der Waals surface area contributed by atoms with Crippen LogP contribution in [0.2, 0.25) is 0 Å². The first kappa shape index (κ1) is 14.7. The lowest BCUT2D eigenvalue weighted by Crippen LogP contribution is -2.46. The number of hydrogen-bond donors (Lipinski definition) is 2. The molecule has 0 saturated carbocycles. The van der Waals surface area contributed by atoms with Gasteiger partial charge < -0.3 is 10.1 Å². The van der Waals surface area contributed by atoms with E-state index in [9.17, 15) is 9.59 Å². The largest absolute Gasteiger partial charge is 0.381 e. The van der Waals surface area contributed by atoms with Crippen molar-refractivity contribution in [2.75, 3.05) is 33.3 Å². The highest BCUT2D eigenvalue weighted by molar-refractivity contribution is 5.95. The van der Waals surface area contributed by atoms with Crippen molar-refractivity contribution in [1.82, 2.24) is 15.5 Å². The molecule has 1 saturated heterocycles. The fourth-order valence-electron chi connectivity index (χ4n) is 1.88. The van der Waals surface area contributed by atoms with Crippen LogP contribution in [0.15, 0.2) is 12.7 Å². The molecule has 0 radical (unpaired) electrons. The normalized spacial score (nSPS) is 17.2. The van der Waals surface area contributed by atoms with E-state index in [1.54, 1.807) is 13.2 Å². The number of hydrogen-bond acceptors (Lipinski definition) is 4. The number of amides is 3. The van der Waals surface area contributed by atoms with Crippen LogP contribution >= 0.6 is 0 Å². The molecular weight excluding hydrogens is 234 g/mol. The Bertz CT molecular complexity index is 299. The second kappa shape index (κ2) is 7.84. The number of urea groups is 1. The van der Waals surface area contributed by atoms with E-state index in [4.69, 9.17) is 4.74 Å². The van der Waals surface area contributed by atoms with Crippen LogP contribution in [0.4, 0.5) is 4.79 Å². The second-order valence-electron chi connectivity index (χ2n) is 4.26. The molecule has 18 heavy (non-hydrogen) atoms. The summed E-state index contributed by atoms with van der Waals surface area (Å²) < 4.78 is 5.25. The number of nitrogens with zero attached hydrogens (tertiary/aromatic N) is 1. The molecule has 0 aromatic carbocycles. The van der Waals surface area contributed by atoms with Gasteiger partial charge in [0.25, 0.3) is 0 Å². The Labute approximate surface area is 107 Å². The van der Waals surface area contributed by atoms with E-state index >= 15 is 0 Å². The number of imide groups is 1. The third-order valence-corrected chi connectivity index (χ3v) is 2.90. The highest BCUT2D eigenvalue weighted by Gasteiger charge is 2.20. The Morgan fingerprint density at radius 1 is 1.44 bits per heavy atom. The van der Waals surface area contributed by atoms with Crippen LogP contribution in [-0.4, -0.2) is 56.2 Å². The van der Waals surface area contributed by atoms with Crippen LogP contribution in [0, 0.1) is 0 Å². The maximum absolute atomic E-state index is 11.6. The molecule has 2 N–H and O–H groups in total. The Hall–Kier alpha value is -1.40. The zero-order chi connectivity index (χ0) is 13.4. The number of ether oxygens (including phenoxy) is 1. The van der Waals surface area contributed by atoms with E-state index in [-0.39, 0.29) is 12.5 Å². The van der Waals surface area contributed by atoms with E-state index in [1.807, 2.05) is 4.90 Å². The van der Waals surface area contributed by atoms with Crippen molar-refractivity contribution in [3.63, 3.8) is 0 Å². The molecule has 1 fully saturated rings. The molecule has 3 amide bonds. The summed E-state index contributed by atoms with van der Waals surface area (Å²) in [5, 5.41) is 4.77. The lowest BCUT2D eigenvalue weighted by atomic mass is 10.1. The van der Waals surface area contributed by atoms with Gasteiger partial charge in [-0.05, 0) is 12.8 Å². The molecule has 6 nitrogen and oxygen atoms in total. The van der Waals surface area contributed by atoms with Gasteiger partial charge in [-0.3, -0.25) is 15.0 Å². The molecule has 1 heterocycles. The van der Waals surface area contributed by atoms with E-state index in [0.29, 0.717) is 12.6 Å². The number of carbonyl (C=O) groups is 2. The molecule has 1 aliphatic heterocycles. The van der Waals surface area contributed by atoms with Crippen molar-refractivity contribution >= 4 is 11.9 Å². The number of methoxy groups -OCH3 is 1. The zero-order valence-electron chi connectivity index (χ0n) is 10.8. The van der Waals surface area contributed by atoms with Gasteiger partial charge in [0.05, 0.1) is 12.6 Å². The third-order valence-electron chi connectivity index (χ3n) is 2.90. The smallest absolute Gasteiger partial charge is 0.321 e. The summed E-state index contributed by atoms with van der Waals surface area (Å²) in [4.78, 5) is 24.8. The van der Waals surface area contributed by atoms with Gasteiger partial charge in [-0.1, -0.05) is 6.08 Å². The minimum Gasteiger partial charge on any atom is -0.381 e. The molecule has 0 unspecified atom stereocenters. The van der Waals surface area contributed by atoms with Crippen LogP contribution < -0.4 is 10.6 Å². The molecule has 0 atom stereocenters. The molecule has 1 rings (SSSR count). The van der Waals surface area contributed by atoms with E-state index < -0.39 is 6.03 Å². The highest BCUT2D eigenvalue weighted by Crippen LogP contribution is 2.11. The van der Waals surface area contributed by atoms with Crippen molar-refractivity contribution < 1.29 is 14.3 Å². The summed E-state index contributed by atoms with van der Waals surface area (Å²) in [6, 6.07) is -0.480. The Morgan fingerprint density at radius 3 is 2.67 bits per heavy atom. The van der Waals surface area contributed by atoms with Gasteiger partial charge in [-0.25, -0.2) is 4.79 Å². The number of carbonyl (C=O) groups excluding carboxylic acids is 2. The summed E-state index contributed by atoms with van der Waals surface area (Å²) in [5.41, 5.74) is 0. The quantitative estimate of drug-likeness (QED) is 0.684. The van der Waals surface area contributed by atoms with Gasteiger partial charge in [0.2, 0.25) is 5.91 Å². The van der Waals surface area contributed by atoms with Gasteiger partial charge in [-0.2, -0.15) is 0 Å². The van der Waals surface area contributed by atoms with Gasteiger partial charge >= 0.3 is 6.03 Å². The van der Waals surface area contributed by atoms with Crippen molar-refractivity contribution in [3.05, 3.63) is 12.7 Å². The summed E-state index contributed by atoms with van der Waals surface area (Å²) in [6.07, 6.45) is 3.69. The van der Waals surface area contributed by atoms with Gasteiger partial charge in [0, 0.05) is 26.7 Å². The fraction of sp³-hybridized carbons (Fsp3) is 0.667. The summed E-state index contributed by atoms with van der Waals surface area (Å²) in [5.74, 6) is -0.285. The van der Waals surface area contributed by atoms with Crippen molar-refractivity contribution in [2.24, 2.45) is 0 Å². The van der Waals surface area contributed by atoms with Gasteiger partial charge in [0.1, 0.15) is 0 Å². The van der Waals surface area contributed by atoms with Crippen LogP contribution in [0.3, 0.4) is 0 Å². The van der Waals surface area contributed by atoms with E-state index in [1.165, 1.54) is 0 Å². The average molecular weight is 255 g/mol. The molecule has 6 heteroatoms. The zero-order valence-corrected chi connectivity index (χ0v) is 10.8. The minimum atomic E-state index is -0.480. The molecule has 1 aliphatic rings. The third kappa shape index (κ3) is 5.29. The lowest BCUT2D eigenvalue weighted by Gasteiger charge is -2.30. The first-order chi connectivity index (χ1) is 8.65. The molecule has 0 bridgehead atoms. The lowest BCUT2D eigenvalue weighted by molar-refractivity contribution is -0.121. The molecule has 0 aromatic heterocycles. The first-order valence-corrected chi connectivity index (χ1v) is 6.09.